The van der Waals surface area contributed by atoms with Crippen LogP contribution < -0.4 is 5.32 Å². The lowest BCUT2D eigenvalue weighted by atomic mass is 9.84. The number of hydrogen-bond donors (Lipinski definition) is 1. The van der Waals surface area contributed by atoms with E-state index >= 15 is 0 Å². The normalized spacial score (nSPS) is 20.5. The average Bonchev–Trinajstić information content (AvgIpc) is 2.67. The van der Waals surface area contributed by atoms with E-state index in [1.807, 2.05) is 12.1 Å². The predicted octanol–water partition coefficient (Wildman–Crippen LogP) is 3.10. The van der Waals surface area contributed by atoms with Crippen LogP contribution in [0.3, 0.4) is 0 Å². The summed E-state index contributed by atoms with van der Waals surface area (Å²) < 4.78 is 0. The number of rotatable bonds is 6. The maximum atomic E-state index is 12.3. The van der Waals surface area contributed by atoms with Gasteiger partial charge in [0.05, 0.1) is 0 Å². The van der Waals surface area contributed by atoms with E-state index in [0.717, 1.165) is 51.3 Å². The number of carbonyl (C=O) groups excluding carboxylic acids is 1. The standard InChI is InChI=1S/C21H33N3O/c1-23-14-16-24(17-15-23)13-5-12-22-21(25)20-10-8-19(9-11-20)18-6-3-2-4-7-18/h8-11,18H,2-7,12-17H2,1H3,(H,22,25). The Labute approximate surface area is 152 Å². The van der Waals surface area contributed by atoms with Crippen LogP contribution in [0.2, 0.25) is 0 Å². The van der Waals surface area contributed by atoms with Crippen LogP contribution in [0.4, 0.5) is 0 Å². The minimum Gasteiger partial charge on any atom is -0.352 e. The Kier molecular flexibility index (Phi) is 6.88. The van der Waals surface area contributed by atoms with E-state index in [1.165, 1.54) is 37.7 Å². The van der Waals surface area contributed by atoms with Gasteiger partial charge in [0.2, 0.25) is 0 Å². The van der Waals surface area contributed by atoms with Gasteiger partial charge in [-0.2, -0.15) is 0 Å². The van der Waals surface area contributed by atoms with Gasteiger partial charge in [-0.05, 0) is 56.5 Å². The molecule has 0 bridgehead atoms. The Hall–Kier alpha value is -1.39. The molecule has 138 valence electrons. The van der Waals surface area contributed by atoms with E-state index in [4.69, 9.17) is 0 Å². The SMILES string of the molecule is CN1CCN(CCCNC(=O)c2ccc(C3CCCCC3)cc2)CC1. The maximum absolute atomic E-state index is 12.3. The quantitative estimate of drug-likeness (QED) is 0.806. The molecule has 0 spiro atoms. The number of likely N-dealkylation sites (N-methyl/N-ethyl adjacent to an activating group) is 1. The molecule has 1 N–H and O–H groups in total. The van der Waals surface area contributed by atoms with Crippen LogP contribution in [0.5, 0.6) is 0 Å². The van der Waals surface area contributed by atoms with Gasteiger partial charge in [-0.3, -0.25) is 4.79 Å². The number of nitrogens with zero attached hydrogens (tertiary/aromatic N) is 2. The maximum Gasteiger partial charge on any atom is 0.251 e. The monoisotopic (exact) mass is 343 g/mol. The largest absolute Gasteiger partial charge is 0.352 e. The Bertz CT molecular complexity index is 529. The first-order valence-corrected chi connectivity index (χ1v) is 10.0. The van der Waals surface area contributed by atoms with Crippen LogP contribution in [0.1, 0.15) is 60.4 Å². The Morgan fingerprint density at radius 1 is 1.04 bits per heavy atom. The first-order chi connectivity index (χ1) is 12.2. The molecule has 0 unspecified atom stereocenters. The highest BCUT2D eigenvalue weighted by atomic mass is 16.1. The summed E-state index contributed by atoms with van der Waals surface area (Å²) in [6.07, 6.45) is 7.71. The van der Waals surface area contributed by atoms with Crippen molar-refractivity contribution in [1.82, 2.24) is 15.1 Å². The van der Waals surface area contributed by atoms with Gasteiger partial charge in [-0.25, -0.2) is 0 Å². The molecule has 1 aromatic rings. The number of nitrogens with one attached hydrogen (secondary N) is 1. The fourth-order valence-electron chi connectivity index (χ4n) is 4.02. The molecule has 4 heteroatoms. The molecule has 1 aliphatic carbocycles. The van der Waals surface area contributed by atoms with Crippen molar-refractivity contribution >= 4 is 5.91 Å². The summed E-state index contributed by atoms with van der Waals surface area (Å²) in [5.74, 6) is 0.767. The fourth-order valence-corrected chi connectivity index (χ4v) is 4.02. The summed E-state index contributed by atoms with van der Waals surface area (Å²) in [7, 11) is 2.18. The van der Waals surface area contributed by atoms with Crippen molar-refractivity contribution in [3.8, 4) is 0 Å². The lowest BCUT2D eigenvalue weighted by molar-refractivity contribution is 0.0949. The van der Waals surface area contributed by atoms with Crippen LogP contribution in [0.15, 0.2) is 24.3 Å². The molecule has 0 aromatic heterocycles. The van der Waals surface area contributed by atoms with Crippen molar-refractivity contribution < 1.29 is 4.79 Å². The van der Waals surface area contributed by atoms with E-state index in [2.05, 4.69) is 34.3 Å². The molecule has 1 heterocycles. The minimum atomic E-state index is 0.0635. The molecule has 1 saturated carbocycles. The number of carbonyl (C=O) groups is 1. The molecule has 4 nitrogen and oxygen atoms in total. The molecule has 2 aliphatic rings. The second-order valence-electron chi connectivity index (χ2n) is 7.71. The summed E-state index contributed by atoms with van der Waals surface area (Å²) in [5.41, 5.74) is 2.20. The van der Waals surface area contributed by atoms with Crippen molar-refractivity contribution in [3.05, 3.63) is 35.4 Å². The first kappa shape index (κ1) is 18.4. The van der Waals surface area contributed by atoms with Gasteiger partial charge in [0.25, 0.3) is 5.91 Å². The highest BCUT2D eigenvalue weighted by molar-refractivity contribution is 5.94. The zero-order chi connectivity index (χ0) is 17.5. The molecule has 1 aliphatic heterocycles. The van der Waals surface area contributed by atoms with E-state index in [0.29, 0.717) is 5.92 Å². The summed E-state index contributed by atoms with van der Waals surface area (Å²) >= 11 is 0. The molecule has 1 saturated heterocycles. The van der Waals surface area contributed by atoms with E-state index in [9.17, 15) is 4.79 Å². The molecular formula is C21H33N3O. The number of piperazine rings is 1. The van der Waals surface area contributed by atoms with Gasteiger partial charge in [-0.1, -0.05) is 31.4 Å². The van der Waals surface area contributed by atoms with Gasteiger partial charge in [0, 0.05) is 38.3 Å². The number of amides is 1. The smallest absolute Gasteiger partial charge is 0.251 e. The highest BCUT2D eigenvalue weighted by Gasteiger charge is 2.16. The number of hydrogen-bond acceptors (Lipinski definition) is 3. The second-order valence-corrected chi connectivity index (χ2v) is 7.71. The van der Waals surface area contributed by atoms with Crippen LogP contribution in [-0.2, 0) is 0 Å². The first-order valence-electron chi connectivity index (χ1n) is 10.0. The highest BCUT2D eigenvalue weighted by Crippen LogP contribution is 2.32. The lowest BCUT2D eigenvalue weighted by Crippen LogP contribution is -2.45. The Morgan fingerprint density at radius 3 is 2.40 bits per heavy atom. The molecule has 1 amide bonds. The third-order valence-corrected chi connectivity index (χ3v) is 5.78. The summed E-state index contributed by atoms with van der Waals surface area (Å²) in [6.45, 7) is 6.43. The van der Waals surface area contributed by atoms with Crippen LogP contribution in [0, 0.1) is 0 Å². The van der Waals surface area contributed by atoms with Gasteiger partial charge in [-0.15, -0.1) is 0 Å². The molecule has 0 radical (unpaired) electrons. The molecule has 0 atom stereocenters. The third-order valence-electron chi connectivity index (χ3n) is 5.78. The zero-order valence-corrected chi connectivity index (χ0v) is 15.7. The summed E-state index contributed by atoms with van der Waals surface area (Å²) in [6, 6.07) is 8.32. The topological polar surface area (TPSA) is 35.6 Å². The second kappa shape index (κ2) is 9.35. The van der Waals surface area contributed by atoms with Gasteiger partial charge in [0.15, 0.2) is 0 Å². The van der Waals surface area contributed by atoms with Gasteiger partial charge < -0.3 is 15.1 Å². The van der Waals surface area contributed by atoms with Crippen molar-refractivity contribution in [2.24, 2.45) is 0 Å². The number of benzene rings is 1. The van der Waals surface area contributed by atoms with Crippen LogP contribution in [0.25, 0.3) is 0 Å². The van der Waals surface area contributed by atoms with E-state index < -0.39 is 0 Å². The minimum absolute atomic E-state index is 0.0635. The van der Waals surface area contributed by atoms with Gasteiger partial charge in [0.1, 0.15) is 0 Å². The van der Waals surface area contributed by atoms with E-state index in [-0.39, 0.29) is 5.91 Å². The van der Waals surface area contributed by atoms with Gasteiger partial charge >= 0.3 is 0 Å². The van der Waals surface area contributed by atoms with Crippen molar-refractivity contribution in [2.45, 2.75) is 44.4 Å². The van der Waals surface area contributed by atoms with Crippen molar-refractivity contribution in [2.75, 3.05) is 46.3 Å². The predicted molar refractivity (Wildman–Crippen MR) is 103 cm³/mol. The molecular weight excluding hydrogens is 310 g/mol. The Morgan fingerprint density at radius 2 is 1.72 bits per heavy atom. The summed E-state index contributed by atoms with van der Waals surface area (Å²) in [5, 5.41) is 3.07. The molecule has 1 aromatic carbocycles. The van der Waals surface area contributed by atoms with Crippen LogP contribution in [-0.4, -0.2) is 62.0 Å². The summed E-state index contributed by atoms with van der Waals surface area (Å²) in [4.78, 5) is 17.2. The molecule has 2 fully saturated rings. The fraction of sp³-hybridized carbons (Fsp3) is 0.667. The van der Waals surface area contributed by atoms with E-state index in [1.54, 1.807) is 0 Å². The average molecular weight is 344 g/mol. The Balaban J connectivity index is 1.37. The lowest BCUT2D eigenvalue weighted by Gasteiger charge is -2.32. The third kappa shape index (κ3) is 5.55. The van der Waals surface area contributed by atoms with Crippen LogP contribution >= 0.6 is 0 Å². The van der Waals surface area contributed by atoms with Crippen molar-refractivity contribution in [3.63, 3.8) is 0 Å². The molecule has 3 rings (SSSR count). The zero-order valence-electron chi connectivity index (χ0n) is 15.7. The van der Waals surface area contributed by atoms with Crippen molar-refractivity contribution in [1.29, 1.82) is 0 Å². The molecule has 25 heavy (non-hydrogen) atoms.